The Morgan fingerprint density at radius 2 is 2.08 bits per heavy atom. The van der Waals surface area contributed by atoms with Gasteiger partial charge in [-0.1, -0.05) is 12.1 Å². The Bertz CT molecular complexity index is 946. The zero-order valence-corrected chi connectivity index (χ0v) is 14.0. The van der Waals surface area contributed by atoms with Crippen LogP contribution in [-0.2, 0) is 13.0 Å². The van der Waals surface area contributed by atoms with Gasteiger partial charge in [-0.05, 0) is 36.2 Å². The summed E-state index contributed by atoms with van der Waals surface area (Å²) in [4.78, 5) is 27.0. The Balaban J connectivity index is 1.52. The van der Waals surface area contributed by atoms with Crippen LogP contribution < -0.4 is 10.5 Å². The molecule has 3 aromatic rings. The molecule has 2 aromatic heterocycles. The number of pyridine rings is 1. The number of aromatic nitrogens is 3. The Morgan fingerprint density at radius 1 is 1.15 bits per heavy atom. The predicted octanol–water partition coefficient (Wildman–Crippen LogP) is 2.44. The van der Waals surface area contributed by atoms with Crippen molar-refractivity contribution in [1.82, 2.24) is 19.9 Å². The molecule has 0 aliphatic carbocycles. The van der Waals surface area contributed by atoms with Gasteiger partial charge >= 0.3 is 0 Å². The Kier molecular flexibility index (Phi) is 4.18. The van der Waals surface area contributed by atoms with Gasteiger partial charge in [0.2, 0.25) is 11.8 Å². The first-order valence-electron chi connectivity index (χ1n) is 8.27. The average molecular weight is 347 g/mol. The van der Waals surface area contributed by atoms with E-state index in [0.717, 1.165) is 11.3 Å². The van der Waals surface area contributed by atoms with Gasteiger partial charge in [-0.3, -0.25) is 4.79 Å². The predicted molar refractivity (Wildman–Crippen MR) is 95.6 cm³/mol. The molecule has 0 unspecified atom stereocenters. The van der Waals surface area contributed by atoms with Gasteiger partial charge in [0.25, 0.3) is 5.91 Å². The van der Waals surface area contributed by atoms with E-state index < -0.39 is 0 Å². The monoisotopic (exact) mass is 347 g/mol. The number of hydrogen-bond acceptors (Lipinski definition) is 6. The molecule has 1 amide bonds. The topological polar surface area (TPSA) is 94.2 Å². The molecule has 26 heavy (non-hydrogen) atoms. The third-order valence-corrected chi connectivity index (χ3v) is 4.19. The number of fused-ring (bicyclic) bond motifs is 1. The molecular weight excluding hydrogens is 330 g/mol. The number of amides is 1. The number of carbonyl (C=O) groups is 1. The quantitative estimate of drug-likeness (QED) is 0.782. The van der Waals surface area contributed by atoms with Crippen molar-refractivity contribution in [3.05, 3.63) is 71.7 Å². The minimum absolute atomic E-state index is 0.0701. The highest BCUT2D eigenvalue weighted by Gasteiger charge is 2.23. The van der Waals surface area contributed by atoms with E-state index in [1.807, 2.05) is 12.1 Å². The highest BCUT2D eigenvalue weighted by Crippen LogP contribution is 2.23. The molecule has 3 heterocycles. The van der Waals surface area contributed by atoms with Crippen LogP contribution in [0.3, 0.4) is 0 Å². The standard InChI is InChI=1S/C19H17N5O2/c20-19-22-11-14-7-9-24(12-16(14)23-19)18(25)13-4-3-5-15(10-13)26-17-6-1-2-8-21-17/h1-6,8,10-11H,7,9,12H2,(H2,20,22,23). The van der Waals surface area contributed by atoms with Gasteiger partial charge in [0, 0.05) is 30.6 Å². The number of anilines is 1. The number of rotatable bonds is 3. The summed E-state index contributed by atoms with van der Waals surface area (Å²) in [6.45, 7) is 1.04. The zero-order valence-electron chi connectivity index (χ0n) is 14.0. The van der Waals surface area contributed by atoms with Gasteiger partial charge in [0.05, 0.1) is 12.2 Å². The SMILES string of the molecule is Nc1ncc2c(n1)CN(C(=O)c1cccc(Oc3ccccn3)c1)CC2. The Hall–Kier alpha value is -3.48. The minimum atomic E-state index is -0.0701. The number of hydrogen-bond donors (Lipinski definition) is 1. The molecule has 1 aliphatic heterocycles. The van der Waals surface area contributed by atoms with Crippen molar-refractivity contribution >= 4 is 11.9 Å². The van der Waals surface area contributed by atoms with Crippen LogP contribution in [0.5, 0.6) is 11.6 Å². The lowest BCUT2D eigenvalue weighted by Gasteiger charge is -2.28. The molecule has 2 N–H and O–H groups in total. The lowest BCUT2D eigenvalue weighted by atomic mass is 10.1. The maximum absolute atomic E-state index is 12.9. The number of nitrogens with zero attached hydrogens (tertiary/aromatic N) is 4. The van der Waals surface area contributed by atoms with Crippen molar-refractivity contribution in [2.75, 3.05) is 12.3 Å². The molecule has 0 radical (unpaired) electrons. The summed E-state index contributed by atoms with van der Waals surface area (Å²) in [7, 11) is 0. The van der Waals surface area contributed by atoms with Crippen molar-refractivity contribution in [2.45, 2.75) is 13.0 Å². The smallest absolute Gasteiger partial charge is 0.254 e. The average Bonchev–Trinajstić information content (AvgIpc) is 2.68. The van der Waals surface area contributed by atoms with E-state index in [1.54, 1.807) is 47.6 Å². The molecule has 0 saturated carbocycles. The van der Waals surface area contributed by atoms with Crippen LogP contribution in [0, 0.1) is 0 Å². The third-order valence-electron chi connectivity index (χ3n) is 4.19. The summed E-state index contributed by atoms with van der Waals surface area (Å²) in [6, 6.07) is 12.5. The summed E-state index contributed by atoms with van der Waals surface area (Å²) in [5, 5.41) is 0. The molecule has 0 spiro atoms. The molecule has 4 rings (SSSR count). The lowest BCUT2D eigenvalue weighted by Crippen LogP contribution is -2.36. The maximum Gasteiger partial charge on any atom is 0.254 e. The lowest BCUT2D eigenvalue weighted by molar-refractivity contribution is 0.0731. The van der Waals surface area contributed by atoms with E-state index in [2.05, 4.69) is 15.0 Å². The summed E-state index contributed by atoms with van der Waals surface area (Å²) >= 11 is 0. The third kappa shape index (κ3) is 3.32. The Morgan fingerprint density at radius 3 is 2.92 bits per heavy atom. The van der Waals surface area contributed by atoms with Crippen molar-refractivity contribution in [1.29, 1.82) is 0 Å². The molecule has 0 saturated heterocycles. The minimum Gasteiger partial charge on any atom is -0.439 e. The van der Waals surface area contributed by atoms with Crippen LogP contribution in [0.4, 0.5) is 5.95 Å². The number of nitrogens with two attached hydrogens (primary N) is 1. The second kappa shape index (κ2) is 6.79. The van der Waals surface area contributed by atoms with Gasteiger partial charge in [-0.15, -0.1) is 0 Å². The van der Waals surface area contributed by atoms with Crippen molar-refractivity contribution in [3.8, 4) is 11.6 Å². The van der Waals surface area contributed by atoms with Crippen LogP contribution in [0.15, 0.2) is 54.9 Å². The number of benzene rings is 1. The van der Waals surface area contributed by atoms with E-state index in [-0.39, 0.29) is 11.9 Å². The summed E-state index contributed by atoms with van der Waals surface area (Å²) in [5.41, 5.74) is 8.06. The first kappa shape index (κ1) is 16.0. The fourth-order valence-corrected chi connectivity index (χ4v) is 2.90. The first-order valence-corrected chi connectivity index (χ1v) is 8.27. The normalized spacial score (nSPS) is 13.2. The molecule has 0 bridgehead atoms. The molecule has 1 aromatic carbocycles. The Labute approximate surface area is 150 Å². The molecule has 1 aliphatic rings. The van der Waals surface area contributed by atoms with E-state index in [0.29, 0.717) is 36.7 Å². The highest BCUT2D eigenvalue weighted by molar-refractivity contribution is 5.94. The van der Waals surface area contributed by atoms with E-state index >= 15 is 0 Å². The molecule has 0 atom stereocenters. The van der Waals surface area contributed by atoms with E-state index in [9.17, 15) is 4.79 Å². The number of carbonyl (C=O) groups excluding carboxylic acids is 1. The summed E-state index contributed by atoms with van der Waals surface area (Å²) in [5.74, 6) is 1.21. The van der Waals surface area contributed by atoms with Gasteiger partial charge in [-0.2, -0.15) is 0 Å². The fraction of sp³-hybridized carbons (Fsp3) is 0.158. The largest absolute Gasteiger partial charge is 0.439 e. The van der Waals surface area contributed by atoms with Crippen LogP contribution in [-0.4, -0.2) is 32.3 Å². The maximum atomic E-state index is 12.9. The van der Waals surface area contributed by atoms with Crippen molar-refractivity contribution in [2.24, 2.45) is 0 Å². The van der Waals surface area contributed by atoms with Crippen molar-refractivity contribution < 1.29 is 9.53 Å². The first-order chi connectivity index (χ1) is 12.7. The van der Waals surface area contributed by atoms with Gasteiger partial charge < -0.3 is 15.4 Å². The zero-order chi connectivity index (χ0) is 17.9. The second-order valence-corrected chi connectivity index (χ2v) is 5.97. The van der Waals surface area contributed by atoms with Crippen LogP contribution in [0.25, 0.3) is 0 Å². The van der Waals surface area contributed by atoms with Gasteiger partial charge in [-0.25, -0.2) is 15.0 Å². The van der Waals surface area contributed by atoms with E-state index in [4.69, 9.17) is 10.5 Å². The molecule has 130 valence electrons. The number of nitrogen functional groups attached to an aromatic ring is 1. The molecule has 7 nitrogen and oxygen atoms in total. The van der Waals surface area contributed by atoms with Crippen LogP contribution in [0.2, 0.25) is 0 Å². The van der Waals surface area contributed by atoms with Crippen molar-refractivity contribution in [3.63, 3.8) is 0 Å². The number of ether oxygens (including phenoxy) is 1. The van der Waals surface area contributed by atoms with Crippen LogP contribution >= 0.6 is 0 Å². The molecular formula is C19H17N5O2. The van der Waals surface area contributed by atoms with Gasteiger partial charge in [0.1, 0.15) is 5.75 Å². The summed E-state index contributed by atoms with van der Waals surface area (Å²) in [6.07, 6.45) is 4.11. The second-order valence-electron chi connectivity index (χ2n) is 5.97. The molecule has 7 heteroatoms. The van der Waals surface area contributed by atoms with Crippen LogP contribution in [0.1, 0.15) is 21.6 Å². The highest BCUT2D eigenvalue weighted by atomic mass is 16.5. The fourth-order valence-electron chi connectivity index (χ4n) is 2.90. The molecule has 0 fully saturated rings. The van der Waals surface area contributed by atoms with Gasteiger partial charge in [0.15, 0.2) is 0 Å². The summed E-state index contributed by atoms with van der Waals surface area (Å²) < 4.78 is 5.71. The van der Waals surface area contributed by atoms with E-state index in [1.165, 1.54) is 0 Å².